The van der Waals surface area contributed by atoms with E-state index in [0.29, 0.717) is 24.0 Å². The quantitative estimate of drug-likeness (QED) is 0.624. The molecule has 0 aliphatic heterocycles. The third-order valence-corrected chi connectivity index (χ3v) is 4.32. The molecule has 0 aliphatic carbocycles. The van der Waals surface area contributed by atoms with Crippen molar-refractivity contribution in [2.45, 2.75) is 6.42 Å². The molecule has 128 valence electrons. The number of para-hydroxylation sites is 1. The third-order valence-electron chi connectivity index (χ3n) is 3.63. The Morgan fingerprint density at radius 1 is 1.20 bits per heavy atom. The number of pyridine rings is 1. The Bertz CT molecular complexity index is 896. The fourth-order valence-corrected chi connectivity index (χ4v) is 2.84. The highest BCUT2D eigenvalue weighted by molar-refractivity contribution is 9.10. The minimum absolute atomic E-state index is 0.277. The molecule has 0 fully saturated rings. The van der Waals surface area contributed by atoms with E-state index in [-0.39, 0.29) is 11.5 Å². The summed E-state index contributed by atoms with van der Waals surface area (Å²) in [5, 5.41) is 3.78. The van der Waals surface area contributed by atoms with Crippen LogP contribution in [0.5, 0.6) is 5.75 Å². The Morgan fingerprint density at radius 2 is 2.04 bits per heavy atom. The molecule has 0 radical (unpaired) electrons. The number of halogens is 2. The lowest BCUT2D eigenvalue weighted by Gasteiger charge is -2.10. The molecule has 3 rings (SSSR count). The van der Waals surface area contributed by atoms with Crippen molar-refractivity contribution >= 4 is 32.7 Å². The number of carbonyl (C=O) groups excluding carboxylic acids is 1. The smallest absolute Gasteiger partial charge is 0.252 e. The molecule has 0 atom stereocenters. The largest absolute Gasteiger partial charge is 0.491 e. The van der Waals surface area contributed by atoms with Crippen molar-refractivity contribution in [2.75, 3.05) is 13.2 Å². The van der Waals surface area contributed by atoms with E-state index in [9.17, 15) is 9.18 Å². The zero-order valence-electron chi connectivity index (χ0n) is 13.3. The lowest BCUT2D eigenvalue weighted by atomic mass is 10.2. The minimum Gasteiger partial charge on any atom is -0.491 e. The first-order valence-corrected chi connectivity index (χ1v) is 8.64. The number of carbonyl (C=O) groups is 1. The van der Waals surface area contributed by atoms with E-state index in [2.05, 4.69) is 26.2 Å². The summed E-state index contributed by atoms with van der Waals surface area (Å²) >= 11 is 3.25. The van der Waals surface area contributed by atoms with Crippen molar-refractivity contribution in [1.82, 2.24) is 10.3 Å². The van der Waals surface area contributed by atoms with E-state index in [0.717, 1.165) is 16.7 Å². The Balaban J connectivity index is 1.50. The summed E-state index contributed by atoms with van der Waals surface area (Å²) < 4.78 is 19.6. The van der Waals surface area contributed by atoms with Gasteiger partial charge in [-0.2, -0.15) is 0 Å². The average Bonchev–Trinajstić information content (AvgIpc) is 2.63. The van der Waals surface area contributed by atoms with Gasteiger partial charge < -0.3 is 10.1 Å². The molecule has 25 heavy (non-hydrogen) atoms. The van der Waals surface area contributed by atoms with Gasteiger partial charge in [-0.15, -0.1) is 0 Å². The molecule has 0 saturated carbocycles. The van der Waals surface area contributed by atoms with Gasteiger partial charge in [-0.05, 0) is 52.7 Å². The zero-order chi connectivity index (χ0) is 17.6. The molecule has 3 aromatic rings. The number of benzene rings is 2. The van der Waals surface area contributed by atoms with E-state index < -0.39 is 5.82 Å². The molecular weight excluding hydrogens is 387 g/mol. The predicted octanol–water partition coefficient (Wildman–Crippen LogP) is 4.34. The first-order valence-electron chi connectivity index (χ1n) is 7.85. The molecule has 4 nitrogen and oxygen atoms in total. The Labute approximate surface area is 153 Å². The van der Waals surface area contributed by atoms with Crippen LogP contribution in [-0.2, 0) is 0 Å². The SMILES string of the molecule is O=C(NCCCOc1cccc2cccnc12)c1cc(F)ccc1Br. The number of hydrogen-bond donors (Lipinski definition) is 1. The summed E-state index contributed by atoms with van der Waals surface area (Å²) in [7, 11) is 0. The van der Waals surface area contributed by atoms with E-state index in [1.807, 2.05) is 30.3 Å². The van der Waals surface area contributed by atoms with Crippen LogP contribution in [0.1, 0.15) is 16.8 Å². The molecule has 0 unspecified atom stereocenters. The summed E-state index contributed by atoms with van der Waals surface area (Å²) in [4.78, 5) is 16.4. The normalized spacial score (nSPS) is 10.6. The van der Waals surface area contributed by atoms with E-state index in [1.54, 1.807) is 6.20 Å². The highest BCUT2D eigenvalue weighted by atomic mass is 79.9. The maximum Gasteiger partial charge on any atom is 0.252 e. The summed E-state index contributed by atoms with van der Waals surface area (Å²) in [6.07, 6.45) is 2.36. The fraction of sp³-hybridized carbons (Fsp3) is 0.158. The molecular formula is C19H16BrFN2O2. The van der Waals surface area contributed by atoms with Gasteiger partial charge in [0.25, 0.3) is 5.91 Å². The van der Waals surface area contributed by atoms with Gasteiger partial charge in [0, 0.05) is 22.6 Å². The van der Waals surface area contributed by atoms with Crippen molar-refractivity contribution in [3.05, 3.63) is 70.6 Å². The maximum absolute atomic E-state index is 13.2. The number of nitrogens with one attached hydrogen (secondary N) is 1. The minimum atomic E-state index is -0.444. The van der Waals surface area contributed by atoms with Gasteiger partial charge in [0.05, 0.1) is 12.2 Å². The molecule has 2 aromatic carbocycles. The van der Waals surface area contributed by atoms with Gasteiger partial charge >= 0.3 is 0 Å². The number of rotatable bonds is 6. The average molecular weight is 403 g/mol. The van der Waals surface area contributed by atoms with Crippen molar-refractivity contribution in [2.24, 2.45) is 0 Å². The Kier molecular flexibility index (Phi) is 5.60. The molecule has 0 bridgehead atoms. The number of amides is 1. The molecule has 1 heterocycles. The highest BCUT2D eigenvalue weighted by Gasteiger charge is 2.10. The fourth-order valence-electron chi connectivity index (χ4n) is 2.42. The Hall–Kier alpha value is -2.47. The zero-order valence-corrected chi connectivity index (χ0v) is 14.9. The number of nitrogens with zero attached hydrogens (tertiary/aromatic N) is 1. The van der Waals surface area contributed by atoms with Crippen LogP contribution >= 0.6 is 15.9 Å². The second kappa shape index (κ2) is 8.07. The van der Waals surface area contributed by atoms with Gasteiger partial charge in [-0.25, -0.2) is 4.39 Å². The second-order valence-corrected chi connectivity index (χ2v) is 6.27. The third kappa shape index (κ3) is 4.33. The predicted molar refractivity (Wildman–Crippen MR) is 98.3 cm³/mol. The van der Waals surface area contributed by atoms with Crippen LogP contribution in [0.15, 0.2) is 59.2 Å². The van der Waals surface area contributed by atoms with Crippen LogP contribution in [0.25, 0.3) is 10.9 Å². The van der Waals surface area contributed by atoms with Crippen molar-refractivity contribution < 1.29 is 13.9 Å². The first kappa shape index (κ1) is 17.4. The highest BCUT2D eigenvalue weighted by Crippen LogP contribution is 2.23. The number of ether oxygens (including phenoxy) is 1. The molecule has 0 saturated heterocycles. The Morgan fingerprint density at radius 3 is 2.92 bits per heavy atom. The molecule has 1 aromatic heterocycles. The van der Waals surface area contributed by atoms with E-state index in [1.165, 1.54) is 18.2 Å². The van der Waals surface area contributed by atoms with Crippen molar-refractivity contribution in [3.63, 3.8) is 0 Å². The van der Waals surface area contributed by atoms with Gasteiger partial charge in [0.2, 0.25) is 0 Å². The molecule has 0 spiro atoms. The molecule has 0 aliphatic rings. The van der Waals surface area contributed by atoms with Gasteiger partial charge in [0.15, 0.2) is 0 Å². The van der Waals surface area contributed by atoms with Crippen LogP contribution in [0.3, 0.4) is 0 Å². The van der Waals surface area contributed by atoms with E-state index in [4.69, 9.17) is 4.74 Å². The van der Waals surface area contributed by atoms with Crippen molar-refractivity contribution in [1.29, 1.82) is 0 Å². The topological polar surface area (TPSA) is 51.2 Å². The van der Waals surface area contributed by atoms with Crippen LogP contribution < -0.4 is 10.1 Å². The van der Waals surface area contributed by atoms with Crippen LogP contribution in [0.2, 0.25) is 0 Å². The molecule has 1 amide bonds. The van der Waals surface area contributed by atoms with Crippen LogP contribution in [0.4, 0.5) is 4.39 Å². The number of fused-ring (bicyclic) bond motifs is 1. The monoisotopic (exact) mass is 402 g/mol. The van der Waals surface area contributed by atoms with E-state index >= 15 is 0 Å². The summed E-state index contributed by atoms with van der Waals surface area (Å²) in [6.45, 7) is 0.875. The summed E-state index contributed by atoms with van der Waals surface area (Å²) in [5.41, 5.74) is 1.09. The van der Waals surface area contributed by atoms with Gasteiger partial charge in [-0.3, -0.25) is 9.78 Å². The lowest BCUT2D eigenvalue weighted by Crippen LogP contribution is -2.26. The molecule has 6 heteroatoms. The first-order chi connectivity index (χ1) is 12.1. The molecule has 1 N–H and O–H groups in total. The second-order valence-electron chi connectivity index (χ2n) is 5.41. The summed E-state index contributed by atoms with van der Waals surface area (Å²) in [5.74, 6) is -0.0457. The van der Waals surface area contributed by atoms with Gasteiger partial charge in [0.1, 0.15) is 17.1 Å². The standard InChI is InChI=1S/C19H16BrFN2O2/c20-16-8-7-14(21)12-15(16)19(24)23-10-3-11-25-17-6-1-4-13-5-2-9-22-18(13)17/h1-2,4-9,12H,3,10-11H2,(H,23,24). The lowest BCUT2D eigenvalue weighted by molar-refractivity contribution is 0.0950. The van der Waals surface area contributed by atoms with Crippen molar-refractivity contribution in [3.8, 4) is 5.75 Å². The maximum atomic E-state index is 13.2. The van der Waals surface area contributed by atoms with Crippen LogP contribution in [-0.4, -0.2) is 24.0 Å². The number of aromatic nitrogens is 1. The van der Waals surface area contributed by atoms with Crippen LogP contribution in [0, 0.1) is 5.82 Å². The van der Waals surface area contributed by atoms with Gasteiger partial charge in [-0.1, -0.05) is 18.2 Å². The summed E-state index contributed by atoms with van der Waals surface area (Å²) in [6, 6.07) is 13.6. The number of hydrogen-bond acceptors (Lipinski definition) is 3.